The molecule has 0 saturated carbocycles. The van der Waals surface area contributed by atoms with Gasteiger partial charge in [0.25, 0.3) is 0 Å². The van der Waals surface area contributed by atoms with E-state index in [0.717, 1.165) is 0 Å². The molecule has 0 spiro atoms. The number of unbranched alkanes of at least 4 members (excludes halogenated alkanes) is 10. The van der Waals surface area contributed by atoms with Crippen LogP contribution in [-0.4, -0.2) is 4.57 Å². The predicted molar refractivity (Wildman–Crippen MR) is 156 cm³/mol. The molecule has 0 aliphatic carbocycles. The quantitative estimate of drug-likeness (QED) is 0.112. The van der Waals surface area contributed by atoms with Crippen molar-refractivity contribution >= 4 is 88.3 Å². The SMILES string of the molecule is CCCCCCCCC(CCCCCCCC)n1c2cc(I)sc2c2sc(I)cc21. The first kappa shape index (κ1) is 25.3. The maximum Gasteiger partial charge on any atom is 0.0712 e. The zero-order valence-corrected chi connectivity index (χ0v) is 24.6. The molecule has 0 radical (unpaired) electrons. The largest absolute Gasteiger partial charge is 0.336 e. The van der Waals surface area contributed by atoms with Crippen molar-refractivity contribution < 1.29 is 0 Å². The highest BCUT2D eigenvalue weighted by atomic mass is 127. The summed E-state index contributed by atoms with van der Waals surface area (Å²) in [6, 6.07) is 5.55. The van der Waals surface area contributed by atoms with Crippen LogP contribution in [0.4, 0.5) is 0 Å². The molecule has 0 saturated heterocycles. The lowest BCUT2D eigenvalue weighted by Gasteiger charge is -2.21. The standard InChI is InChI=1S/C25H37I2NS2/c1-3-5-7-9-11-13-15-19(16-14-12-10-8-6-4-2)28-20-17-22(26)29-24(20)25-21(28)18-23(27)30-25/h17-19H,3-16H2,1-2H3. The molecule has 0 unspecified atom stereocenters. The Bertz CT molecular complexity index is 822. The van der Waals surface area contributed by atoms with Crippen LogP contribution in [0.5, 0.6) is 0 Å². The lowest BCUT2D eigenvalue weighted by atomic mass is 9.99. The van der Waals surface area contributed by atoms with Crippen molar-refractivity contribution in [3.8, 4) is 0 Å². The van der Waals surface area contributed by atoms with Crippen LogP contribution in [0, 0.1) is 5.77 Å². The number of thiophene rings is 2. The van der Waals surface area contributed by atoms with Gasteiger partial charge in [0.05, 0.1) is 26.2 Å². The van der Waals surface area contributed by atoms with E-state index >= 15 is 0 Å². The Morgan fingerprint density at radius 2 is 1.07 bits per heavy atom. The second-order valence-electron chi connectivity index (χ2n) is 8.67. The van der Waals surface area contributed by atoms with E-state index < -0.39 is 0 Å². The Kier molecular flexibility index (Phi) is 11.3. The lowest BCUT2D eigenvalue weighted by molar-refractivity contribution is 0.410. The molecule has 0 atom stereocenters. The molecule has 0 N–H and O–H groups in total. The highest BCUT2D eigenvalue weighted by molar-refractivity contribution is 14.1. The summed E-state index contributed by atoms with van der Waals surface area (Å²) in [5, 5.41) is 0. The van der Waals surface area contributed by atoms with Crippen LogP contribution < -0.4 is 0 Å². The fourth-order valence-electron chi connectivity index (χ4n) is 4.63. The first-order chi connectivity index (χ1) is 14.7. The Morgan fingerprint density at radius 3 is 1.50 bits per heavy atom. The van der Waals surface area contributed by atoms with E-state index in [9.17, 15) is 0 Å². The van der Waals surface area contributed by atoms with E-state index in [0.29, 0.717) is 6.04 Å². The molecule has 3 heterocycles. The van der Waals surface area contributed by atoms with Crippen molar-refractivity contribution in [3.05, 3.63) is 17.9 Å². The van der Waals surface area contributed by atoms with E-state index in [1.54, 1.807) is 0 Å². The monoisotopic (exact) mass is 669 g/mol. The van der Waals surface area contributed by atoms with Gasteiger partial charge >= 0.3 is 0 Å². The normalized spacial score (nSPS) is 12.2. The molecular formula is C25H37I2NS2. The van der Waals surface area contributed by atoms with Gasteiger partial charge in [0.1, 0.15) is 0 Å². The van der Waals surface area contributed by atoms with Gasteiger partial charge in [0, 0.05) is 6.04 Å². The van der Waals surface area contributed by atoms with Gasteiger partial charge in [-0.05, 0) is 70.2 Å². The Labute approximate surface area is 218 Å². The molecule has 0 bridgehead atoms. The second kappa shape index (κ2) is 13.4. The molecule has 1 nitrogen and oxygen atoms in total. The first-order valence-electron chi connectivity index (χ1n) is 12.0. The third kappa shape index (κ3) is 6.83. The minimum absolute atomic E-state index is 0.665. The van der Waals surface area contributed by atoms with Gasteiger partial charge in [-0.3, -0.25) is 0 Å². The van der Waals surface area contributed by atoms with Gasteiger partial charge < -0.3 is 4.57 Å². The van der Waals surface area contributed by atoms with Gasteiger partial charge in [-0.2, -0.15) is 0 Å². The Hall–Kier alpha value is 0.660. The van der Waals surface area contributed by atoms with Crippen LogP contribution in [0.25, 0.3) is 20.4 Å². The summed E-state index contributed by atoms with van der Waals surface area (Å²) in [4.78, 5) is 0. The van der Waals surface area contributed by atoms with Gasteiger partial charge in [-0.25, -0.2) is 0 Å². The summed E-state index contributed by atoms with van der Waals surface area (Å²) >= 11 is 8.99. The Morgan fingerprint density at radius 1 is 0.667 bits per heavy atom. The van der Waals surface area contributed by atoms with Crippen molar-refractivity contribution in [2.45, 2.75) is 110 Å². The zero-order chi connectivity index (χ0) is 21.3. The maximum atomic E-state index is 2.75. The van der Waals surface area contributed by atoms with Crippen molar-refractivity contribution in [2.75, 3.05) is 0 Å². The number of hydrogen-bond donors (Lipinski definition) is 0. The van der Waals surface area contributed by atoms with Crippen LogP contribution in [0.3, 0.4) is 0 Å². The summed E-state index contributed by atoms with van der Waals surface area (Å²) in [5.41, 5.74) is 3.01. The summed E-state index contributed by atoms with van der Waals surface area (Å²) in [5.74, 6) is 0. The van der Waals surface area contributed by atoms with Crippen molar-refractivity contribution in [1.29, 1.82) is 0 Å². The number of rotatable bonds is 15. The molecule has 0 aromatic carbocycles. The van der Waals surface area contributed by atoms with Crippen molar-refractivity contribution in [1.82, 2.24) is 4.57 Å². The van der Waals surface area contributed by atoms with E-state index in [4.69, 9.17) is 0 Å². The molecule has 0 amide bonds. The number of nitrogens with zero attached hydrogens (tertiary/aromatic N) is 1. The average Bonchev–Trinajstić information content (AvgIpc) is 3.35. The maximum absolute atomic E-state index is 2.75. The smallest absolute Gasteiger partial charge is 0.0712 e. The van der Waals surface area contributed by atoms with E-state index in [2.05, 4.69) is 75.7 Å². The molecule has 5 heteroatoms. The molecule has 0 fully saturated rings. The number of aromatic nitrogens is 1. The fraction of sp³-hybridized carbons (Fsp3) is 0.680. The number of fused-ring (bicyclic) bond motifs is 3. The minimum atomic E-state index is 0.665. The molecule has 3 rings (SSSR count). The lowest BCUT2D eigenvalue weighted by Crippen LogP contribution is -2.09. The van der Waals surface area contributed by atoms with Crippen LogP contribution in [0.15, 0.2) is 12.1 Å². The molecule has 168 valence electrons. The highest BCUT2D eigenvalue weighted by Gasteiger charge is 2.21. The highest BCUT2D eigenvalue weighted by Crippen LogP contribution is 2.44. The van der Waals surface area contributed by atoms with Gasteiger partial charge in [0.15, 0.2) is 0 Å². The van der Waals surface area contributed by atoms with E-state index in [1.165, 1.54) is 116 Å². The summed E-state index contributed by atoms with van der Waals surface area (Å²) in [6.45, 7) is 4.62. The zero-order valence-electron chi connectivity index (χ0n) is 18.7. The predicted octanol–water partition coefficient (Wildman–Crippen LogP) is 11.2. The fourth-order valence-corrected chi connectivity index (χ4v) is 8.44. The first-order valence-corrected chi connectivity index (χ1v) is 15.8. The molecular weight excluding hydrogens is 632 g/mol. The molecule has 30 heavy (non-hydrogen) atoms. The topological polar surface area (TPSA) is 4.93 Å². The van der Waals surface area contributed by atoms with Crippen LogP contribution in [0.2, 0.25) is 0 Å². The van der Waals surface area contributed by atoms with E-state index in [-0.39, 0.29) is 0 Å². The van der Waals surface area contributed by atoms with Crippen molar-refractivity contribution in [2.24, 2.45) is 0 Å². The van der Waals surface area contributed by atoms with Crippen LogP contribution >= 0.6 is 67.9 Å². The van der Waals surface area contributed by atoms with Crippen molar-refractivity contribution in [3.63, 3.8) is 0 Å². The van der Waals surface area contributed by atoms with Gasteiger partial charge in [-0.1, -0.05) is 90.9 Å². The summed E-state index contributed by atoms with van der Waals surface area (Å²) in [7, 11) is 0. The summed E-state index contributed by atoms with van der Waals surface area (Å²) in [6.07, 6.45) is 19.4. The minimum Gasteiger partial charge on any atom is -0.336 e. The molecule has 0 aliphatic heterocycles. The third-order valence-electron chi connectivity index (χ3n) is 6.24. The molecule has 0 aliphatic rings. The average molecular weight is 670 g/mol. The number of halogens is 2. The molecule has 3 aromatic heterocycles. The third-order valence-corrected chi connectivity index (χ3v) is 10.2. The summed E-state index contributed by atoms with van der Waals surface area (Å²) < 4.78 is 8.65. The number of hydrogen-bond acceptors (Lipinski definition) is 2. The van der Waals surface area contributed by atoms with Crippen LogP contribution in [0.1, 0.15) is 110 Å². The van der Waals surface area contributed by atoms with E-state index in [1.807, 2.05) is 22.7 Å². The van der Waals surface area contributed by atoms with Gasteiger partial charge in [-0.15, -0.1) is 22.7 Å². The van der Waals surface area contributed by atoms with Crippen LogP contribution in [-0.2, 0) is 0 Å². The Balaban J connectivity index is 1.74. The molecule has 3 aromatic rings. The van der Waals surface area contributed by atoms with Gasteiger partial charge in [0.2, 0.25) is 0 Å². The second-order valence-corrected chi connectivity index (χ2v) is 14.6.